The Morgan fingerprint density at radius 2 is 2.11 bits per heavy atom. The fourth-order valence-corrected chi connectivity index (χ4v) is 5.07. The van der Waals surface area contributed by atoms with Gasteiger partial charge in [0.15, 0.2) is 0 Å². The lowest BCUT2D eigenvalue weighted by Gasteiger charge is -2.22. The second kappa shape index (κ2) is 5.66. The molecule has 134 valence electrons. The summed E-state index contributed by atoms with van der Waals surface area (Å²) in [4.78, 5) is 8.85. The summed E-state index contributed by atoms with van der Waals surface area (Å²) in [7, 11) is 0. The number of hydrogen-bond acceptors (Lipinski definition) is 3. The molecule has 0 amide bonds. The van der Waals surface area contributed by atoms with Gasteiger partial charge in [-0.2, -0.15) is 0 Å². The lowest BCUT2D eigenvalue weighted by Crippen LogP contribution is -2.08. The van der Waals surface area contributed by atoms with Crippen molar-refractivity contribution in [1.29, 1.82) is 0 Å². The number of aromatic nitrogens is 2. The summed E-state index contributed by atoms with van der Waals surface area (Å²) in [6.07, 6.45) is 6.28. The summed E-state index contributed by atoms with van der Waals surface area (Å²) in [6.45, 7) is -2.28. The molecule has 0 spiro atoms. The van der Waals surface area contributed by atoms with E-state index in [9.17, 15) is 1.37 Å². The Bertz CT molecular complexity index is 1330. The van der Waals surface area contributed by atoms with E-state index in [4.69, 9.17) is 8.53 Å². The summed E-state index contributed by atoms with van der Waals surface area (Å²) in [6, 6.07) is 13.2. The molecule has 6 rings (SSSR count). The molecule has 1 aromatic carbocycles. The summed E-state index contributed by atoms with van der Waals surface area (Å²) in [5, 5.41) is 1.66. The van der Waals surface area contributed by atoms with Crippen molar-refractivity contribution in [3.05, 3.63) is 59.9 Å². The number of para-hydroxylation sites is 1. The van der Waals surface area contributed by atoms with Gasteiger partial charge >= 0.3 is 0 Å². The monoisotopic (exact) mass is 358 g/mol. The van der Waals surface area contributed by atoms with Gasteiger partial charge < -0.3 is 4.42 Å². The standard InChI is InChI=1S/C24H22N2O/c1-14-5-8-19-18-3-2-4-20(23(18)27-24(19)26-14)22-13-17(9-10-25-22)21-12-15-6-7-16(21)11-15/h2-5,8-10,13,15-16,21H,6-7,11-12H2,1H3/i1D3,21D. The van der Waals surface area contributed by atoms with Crippen molar-refractivity contribution in [1.82, 2.24) is 9.97 Å². The van der Waals surface area contributed by atoms with Crippen molar-refractivity contribution in [2.75, 3.05) is 0 Å². The zero-order chi connectivity index (χ0) is 21.4. The van der Waals surface area contributed by atoms with E-state index in [1.807, 2.05) is 30.3 Å². The molecule has 2 bridgehead atoms. The number of benzene rings is 1. The highest BCUT2D eigenvalue weighted by Crippen LogP contribution is 2.53. The van der Waals surface area contributed by atoms with Crippen LogP contribution >= 0.6 is 0 Å². The third-order valence-corrected chi connectivity index (χ3v) is 6.31. The smallest absolute Gasteiger partial charge is 0.227 e. The first-order valence-electron chi connectivity index (χ1n) is 11.6. The van der Waals surface area contributed by atoms with E-state index < -0.39 is 12.7 Å². The molecule has 2 saturated carbocycles. The maximum Gasteiger partial charge on any atom is 0.227 e. The minimum Gasteiger partial charge on any atom is -0.437 e. The Morgan fingerprint density at radius 1 is 1.11 bits per heavy atom. The molecule has 0 aliphatic heterocycles. The lowest BCUT2D eigenvalue weighted by atomic mass is 9.83. The first kappa shape index (κ1) is 11.9. The Hall–Kier alpha value is -2.68. The van der Waals surface area contributed by atoms with Crippen LogP contribution in [0.3, 0.4) is 0 Å². The highest BCUT2D eigenvalue weighted by Gasteiger charge is 2.40. The van der Waals surface area contributed by atoms with Crippen LogP contribution < -0.4 is 0 Å². The van der Waals surface area contributed by atoms with E-state index in [2.05, 4.69) is 9.97 Å². The normalized spacial score (nSPS) is 29.6. The molecule has 3 heteroatoms. The van der Waals surface area contributed by atoms with Crippen LogP contribution in [0.25, 0.3) is 33.3 Å². The third kappa shape index (κ3) is 2.34. The van der Waals surface area contributed by atoms with Crippen molar-refractivity contribution >= 4 is 22.1 Å². The van der Waals surface area contributed by atoms with E-state index in [0.29, 0.717) is 23.1 Å². The minimum atomic E-state index is -2.28. The molecule has 3 aromatic heterocycles. The molecular weight excluding hydrogens is 332 g/mol. The van der Waals surface area contributed by atoms with Crippen molar-refractivity contribution in [3.8, 4) is 11.3 Å². The number of fused-ring (bicyclic) bond motifs is 5. The number of aryl methyl sites for hydroxylation is 1. The second-order valence-corrected chi connectivity index (χ2v) is 7.87. The van der Waals surface area contributed by atoms with Gasteiger partial charge in [0.25, 0.3) is 0 Å². The quantitative estimate of drug-likeness (QED) is 0.425. The Balaban J connectivity index is 1.49. The molecule has 27 heavy (non-hydrogen) atoms. The SMILES string of the molecule is [2H]C([2H])([2H])c1ccc2c(n1)oc1c(-c3cc(C4([2H])CC5CCC4C5)ccn3)cccc12. The number of pyridine rings is 2. The van der Waals surface area contributed by atoms with Crippen LogP contribution in [0.1, 0.15) is 48.3 Å². The fraction of sp³-hybridized carbons (Fsp3) is 0.333. The van der Waals surface area contributed by atoms with Crippen LogP contribution in [0.4, 0.5) is 0 Å². The maximum atomic E-state index is 9.19. The Kier molecular flexibility index (Phi) is 2.50. The van der Waals surface area contributed by atoms with Crippen molar-refractivity contribution in [2.24, 2.45) is 11.8 Å². The molecule has 3 nitrogen and oxygen atoms in total. The molecule has 0 radical (unpaired) electrons. The number of nitrogens with zero attached hydrogens (tertiary/aromatic N) is 2. The molecule has 2 aliphatic carbocycles. The van der Waals surface area contributed by atoms with Crippen LogP contribution in [-0.4, -0.2) is 9.97 Å². The second-order valence-electron chi connectivity index (χ2n) is 7.87. The molecule has 3 atom stereocenters. The predicted octanol–water partition coefficient (Wildman–Crippen LogP) is 6.26. The van der Waals surface area contributed by atoms with Gasteiger partial charge in [0, 0.05) is 33.7 Å². The van der Waals surface area contributed by atoms with E-state index in [1.165, 1.54) is 12.5 Å². The first-order chi connectivity index (χ1) is 14.8. The molecule has 3 heterocycles. The van der Waals surface area contributed by atoms with Gasteiger partial charge in [-0.25, -0.2) is 4.98 Å². The molecular formula is C24H22N2O. The topological polar surface area (TPSA) is 38.9 Å². The van der Waals surface area contributed by atoms with Gasteiger partial charge in [-0.15, -0.1) is 0 Å². The zero-order valence-corrected chi connectivity index (χ0v) is 14.9. The largest absolute Gasteiger partial charge is 0.437 e. The van der Waals surface area contributed by atoms with E-state index in [1.54, 1.807) is 12.3 Å². The average molecular weight is 358 g/mol. The van der Waals surface area contributed by atoms with Crippen LogP contribution in [0.2, 0.25) is 0 Å². The van der Waals surface area contributed by atoms with Crippen LogP contribution in [0.15, 0.2) is 53.1 Å². The maximum absolute atomic E-state index is 9.19. The minimum absolute atomic E-state index is 0.0214. The van der Waals surface area contributed by atoms with Crippen LogP contribution in [0, 0.1) is 18.7 Å². The van der Waals surface area contributed by atoms with Gasteiger partial charge in [-0.3, -0.25) is 4.98 Å². The predicted molar refractivity (Wildman–Crippen MR) is 108 cm³/mol. The highest BCUT2D eigenvalue weighted by molar-refractivity contribution is 6.08. The number of rotatable bonds is 2. The van der Waals surface area contributed by atoms with Gasteiger partial charge in [0.2, 0.25) is 5.71 Å². The fourth-order valence-electron chi connectivity index (χ4n) is 5.07. The molecule has 4 aromatic rings. The zero-order valence-electron chi connectivity index (χ0n) is 18.9. The number of furan rings is 1. The number of hydrogen-bond donors (Lipinski definition) is 0. The molecule has 0 saturated heterocycles. The molecule has 2 aliphatic rings. The van der Waals surface area contributed by atoms with E-state index >= 15 is 0 Å². The molecule has 2 fully saturated rings. The summed E-state index contributed by atoms with van der Waals surface area (Å²) >= 11 is 0. The van der Waals surface area contributed by atoms with Gasteiger partial charge in [0.1, 0.15) is 5.58 Å². The lowest BCUT2D eigenvalue weighted by molar-refractivity contribution is 0.420. The van der Waals surface area contributed by atoms with Crippen molar-refractivity contribution in [2.45, 2.75) is 38.4 Å². The van der Waals surface area contributed by atoms with Crippen LogP contribution in [-0.2, 0) is 0 Å². The third-order valence-electron chi connectivity index (χ3n) is 6.31. The van der Waals surface area contributed by atoms with Crippen molar-refractivity contribution in [3.63, 3.8) is 0 Å². The Labute approximate surface area is 164 Å². The van der Waals surface area contributed by atoms with E-state index in [-0.39, 0.29) is 5.69 Å². The summed E-state index contributed by atoms with van der Waals surface area (Å²) in [5.74, 6) is 0.576. The summed E-state index contributed by atoms with van der Waals surface area (Å²) < 4.78 is 38.1. The van der Waals surface area contributed by atoms with Gasteiger partial charge in [-0.1, -0.05) is 18.6 Å². The highest BCUT2D eigenvalue weighted by atomic mass is 16.3. The molecule has 3 unspecified atom stereocenters. The Morgan fingerprint density at radius 3 is 2.96 bits per heavy atom. The molecule has 0 N–H and O–H groups in total. The average Bonchev–Trinajstić information content (AvgIpc) is 3.45. The summed E-state index contributed by atoms with van der Waals surface area (Å²) in [5.41, 5.74) is 3.61. The van der Waals surface area contributed by atoms with Crippen molar-refractivity contribution < 1.29 is 9.90 Å². The van der Waals surface area contributed by atoms with E-state index in [0.717, 1.165) is 46.9 Å². The van der Waals surface area contributed by atoms with Gasteiger partial charge in [-0.05, 0) is 79.7 Å². The van der Waals surface area contributed by atoms with Gasteiger partial charge in [0.05, 0.1) is 5.69 Å². The first-order valence-corrected chi connectivity index (χ1v) is 9.62. The van der Waals surface area contributed by atoms with Crippen LogP contribution in [0.5, 0.6) is 0 Å².